The fraction of sp³-hybridized carbons (Fsp3) is 0.267. The predicted molar refractivity (Wildman–Crippen MR) is 75.2 cm³/mol. The first kappa shape index (κ1) is 13.0. The molecule has 0 atom stereocenters. The number of nitriles is 1. The molecule has 4 nitrogen and oxygen atoms in total. The third kappa shape index (κ3) is 3.29. The van der Waals surface area contributed by atoms with Gasteiger partial charge in [0.25, 0.3) is 0 Å². The van der Waals surface area contributed by atoms with Crippen molar-refractivity contribution in [2.75, 3.05) is 5.32 Å². The molecule has 1 N–H and O–H groups in total. The first-order chi connectivity index (χ1) is 8.99. The Kier molecular flexibility index (Phi) is 3.48. The molecule has 0 amide bonds. The van der Waals surface area contributed by atoms with Crippen LogP contribution < -0.4 is 5.32 Å². The van der Waals surface area contributed by atoms with Crippen LogP contribution in [0.3, 0.4) is 0 Å². The fourth-order valence-electron chi connectivity index (χ4n) is 1.66. The van der Waals surface area contributed by atoms with E-state index in [9.17, 15) is 0 Å². The van der Waals surface area contributed by atoms with Gasteiger partial charge < -0.3 is 5.32 Å². The van der Waals surface area contributed by atoms with Crippen LogP contribution in [0.1, 0.15) is 32.0 Å². The van der Waals surface area contributed by atoms with Crippen molar-refractivity contribution in [3.63, 3.8) is 0 Å². The van der Waals surface area contributed by atoms with Crippen LogP contribution in [0.2, 0.25) is 0 Å². The van der Waals surface area contributed by atoms with E-state index in [1.165, 1.54) is 5.56 Å². The molecule has 0 radical (unpaired) electrons. The molecule has 2 aromatic rings. The average molecular weight is 252 g/mol. The second kappa shape index (κ2) is 5.07. The van der Waals surface area contributed by atoms with Gasteiger partial charge >= 0.3 is 0 Å². The Balaban J connectivity index is 2.18. The van der Waals surface area contributed by atoms with Crippen LogP contribution in [0, 0.1) is 11.3 Å². The fourth-order valence-corrected chi connectivity index (χ4v) is 1.66. The number of nitrogens with zero attached hydrogens (tertiary/aromatic N) is 3. The van der Waals surface area contributed by atoms with Crippen molar-refractivity contribution in [3.05, 3.63) is 47.8 Å². The summed E-state index contributed by atoms with van der Waals surface area (Å²) < 4.78 is 0. The number of rotatable bonds is 2. The minimum absolute atomic E-state index is 0.135. The summed E-state index contributed by atoms with van der Waals surface area (Å²) in [4.78, 5) is 8.15. The number of hydrogen-bond acceptors (Lipinski definition) is 4. The number of aromatic nitrogens is 2. The molecule has 0 bridgehead atoms. The molecule has 0 aliphatic heterocycles. The van der Waals surface area contributed by atoms with E-state index in [1.54, 1.807) is 12.3 Å². The minimum atomic E-state index is 0.135. The van der Waals surface area contributed by atoms with Gasteiger partial charge in [-0.2, -0.15) is 5.26 Å². The normalized spacial score (nSPS) is 10.8. The van der Waals surface area contributed by atoms with Gasteiger partial charge in [-0.1, -0.05) is 32.9 Å². The standard InChI is InChI=1S/C15H16N4/c1-15(2,3)11-4-6-12(7-5-11)18-14-17-9-8-13(10-16)19-14/h4-9H,1-3H3,(H,17,18,19). The van der Waals surface area contributed by atoms with E-state index in [1.807, 2.05) is 18.2 Å². The summed E-state index contributed by atoms with van der Waals surface area (Å²) in [6, 6.07) is 11.7. The van der Waals surface area contributed by atoms with Gasteiger partial charge in [0.15, 0.2) is 0 Å². The third-order valence-electron chi connectivity index (χ3n) is 2.78. The lowest BCUT2D eigenvalue weighted by atomic mass is 9.87. The van der Waals surface area contributed by atoms with Gasteiger partial charge in [-0.15, -0.1) is 0 Å². The molecule has 0 saturated heterocycles. The number of nitrogens with one attached hydrogen (secondary N) is 1. The molecule has 4 heteroatoms. The molecule has 2 rings (SSSR count). The van der Waals surface area contributed by atoms with Crippen molar-refractivity contribution in [1.82, 2.24) is 9.97 Å². The molecule has 1 heterocycles. The molecule has 96 valence electrons. The summed E-state index contributed by atoms with van der Waals surface area (Å²) >= 11 is 0. The van der Waals surface area contributed by atoms with Gasteiger partial charge in [-0.3, -0.25) is 0 Å². The first-order valence-electron chi connectivity index (χ1n) is 6.10. The molecule has 0 unspecified atom stereocenters. The maximum atomic E-state index is 8.79. The Hall–Kier alpha value is -2.41. The van der Waals surface area contributed by atoms with E-state index < -0.39 is 0 Å². The van der Waals surface area contributed by atoms with Crippen molar-refractivity contribution in [2.45, 2.75) is 26.2 Å². The summed E-state index contributed by atoms with van der Waals surface area (Å²) in [5.74, 6) is 0.433. The number of benzene rings is 1. The maximum absolute atomic E-state index is 8.79. The van der Waals surface area contributed by atoms with Crippen molar-refractivity contribution >= 4 is 11.6 Å². The molecule has 1 aromatic heterocycles. The highest BCUT2D eigenvalue weighted by Gasteiger charge is 2.12. The Bertz CT molecular complexity index is 603. The van der Waals surface area contributed by atoms with Crippen molar-refractivity contribution < 1.29 is 0 Å². The van der Waals surface area contributed by atoms with Crippen LogP contribution in [0.4, 0.5) is 11.6 Å². The van der Waals surface area contributed by atoms with Crippen molar-refractivity contribution in [1.29, 1.82) is 5.26 Å². The second-order valence-electron chi connectivity index (χ2n) is 5.33. The van der Waals surface area contributed by atoms with E-state index in [4.69, 9.17) is 5.26 Å². The SMILES string of the molecule is CC(C)(C)c1ccc(Nc2nccc(C#N)n2)cc1. The highest BCUT2D eigenvalue weighted by atomic mass is 15.1. The molecule has 0 aliphatic carbocycles. The van der Waals surface area contributed by atoms with Crippen LogP contribution >= 0.6 is 0 Å². The Labute approximate surface area is 113 Å². The zero-order valence-electron chi connectivity index (χ0n) is 11.3. The van der Waals surface area contributed by atoms with Gasteiger partial charge in [-0.05, 0) is 29.2 Å². The predicted octanol–water partition coefficient (Wildman–Crippen LogP) is 3.39. The minimum Gasteiger partial charge on any atom is -0.324 e. The van der Waals surface area contributed by atoms with Crippen LogP contribution in [0.5, 0.6) is 0 Å². The molecule has 0 saturated carbocycles. The quantitative estimate of drug-likeness (QED) is 0.889. The molecule has 0 spiro atoms. The van der Waals surface area contributed by atoms with Gasteiger partial charge in [0, 0.05) is 11.9 Å². The monoisotopic (exact) mass is 252 g/mol. The van der Waals surface area contributed by atoms with E-state index in [-0.39, 0.29) is 5.41 Å². The van der Waals surface area contributed by atoms with E-state index in [0.717, 1.165) is 5.69 Å². The number of anilines is 2. The summed E-state index contributed by atoms with van der Waals surface area (Å²) in [6.45, 7) is 6.53. The summed E-state index contributed by atoms with van der Waals surface area (Å²) in [6.07, 6.45) is 1.57. The van der Waals surface area contributed by atoms with Gasteiger partial charge in [0.1, 0.15) is 11.8 Å². The Morgan fingerprint density at radius 3 is 2.37 bits per heavy atom. The Morgan fingerprint density at radius 1 is 1.11 bits per heavy atom. The zero-order valence-corrected chi connectivity index (χ0v) is 11.3. The molecular formula is C15H16N4. The molecule has 0 aliphatic rings. The summed E-state index contributed by atoms with van der Waals surface area (Å²) in [7, 11) is 0. The molecule has 0 fully saturated rings. The summed E-state index contributed by atoms with van der Waals surface area (Å²) in [5, 5.41) is 11.9. The molecule has 1 aromatic carbocycles. The summed E-state index contributed by atoms with van der Waals surface area (Å²) in [5.41, 5.74) is 2.66. The highest BCUT2D eigenvalue weighted by Crippen LogP contribution is 2.24. The van der Waals surface area contributed by atoms with E-state index >= 15 is 0 Å². The maximum Gasteiger partial charge on any atom is 0.228 e. The van der Waals surface area contributed by atoms with Crippen molar-refractivity contribution in [3.8, 4) is 6.07 Å². The average Bonchev–Trinajstić information content (AvgIpc) is 2.38. The van der Waals surface area contributed by atoms with Gasteiger partial charge in [0.05, 0.1) is 0 Å². The lowest BCUT2D eigenvalue weighted by Gasteiger charge is -2.19. The van der Waals surface area contributed by atoms with Crippen LogP contribution in [-0.2, 0) is 5.41 Å². The lowest BCUT2D eigenvalue weighted by molar-refractivity contribution is 0.590. The van der Waals surface area contributed by atoms with Crippen LogP contribution in [0.15, 0.2) is 36.5 Å². The molecule has 19 heavy (non-hydrogen) atoms. The Morgan fingerprint density at radius 2 is 1.79 bits per heavy atom. The smallest absolute Gasteiger partial charge is 0.228 e. The van der Waals surface area contributed by atoms with Gasteiger partial charge in [0.2, 0.25) is 5.95 Å². The van der Waals surface area contributed by atoms with Crippen LogP contribution in [-0.4, -0.2) is 9.97 Å². The highest BCUT2D eigenvalue weighted by molar-refractivity contribution is 5.54. The lowest BCUT2D eigenvalue weighted by Crippen LogP contribution is -2.10. The number of hydrogen-bond donors (Lipinski definition) is 1. The van der Waals surface area contributed by atoms with Crippen LogP contribution in [0.25, 0.3) is 0 Å². The second-order valence-corrected chi connectivity index (χ2v) is 5.33. The third-order valence-corrected chi connectivity index (χ3v) is 2.78. The zero-order chi connectivity index (χ0) is 13.9. The topological polar surface area (TPSA) is 61.6 Å². The van der Waals surface area contributed by atoms with Crippen molar-refractivity contribution in [2.24, 2.45) is 0 Å². The first-order valence-corrected chi connectivity index (χ1v) is 6.10. The van der Waals surface area contributed by atoms with E-state index in [2.05, 4.69) is 48.2 Å². The largest absolute Gasteiger partial charge is 0.324 e. The molecular weight excluding hydrogens is 236 g/mol. The van der Waals surface area contributed by atoms with Gasteiger partial charge in [-0.25, -0.2) is 9.97 Å². The van der Waals surface area contributed by atoms with E-state index in [0.29, 0.717) is 11.6 Å².